The minimum absolute atomic E-state index is 0.00401. The fraction of sp³-hybridized carbons (Fsp3) is 0.0526. The van der Waals surface area contributed by atoms with Gasteiger partial charge in [-0.2, -0.15) is 18.6 Å². The summed E-state index contributed by atoms with van der Waals surface area (Å²) in [5.74, 6) is 0.403. The Labute approximate surface area is 298 Å². The fourth-order valence-corrected chi connectivity index (χ4v) is 5.92. The average Bonchev–Trinajstić information content (AvgIpc) is 3.13. The van der Waals surface area contributed by atoms with Gasteiger partial charge in [-0.05, 0) is 89.7 Å². The molecule has 13 nitrogen and oxygen atoms in total. The van der Waals surface area contributed by atoms with Crippen LogP contribution in [-0.4, -0.2) is 30.1 Å². The van der Waals surface area contributed by atoms with Crippen LogP contribution in [0.15, 0.2) is 141 Å². The van der Waals surface area contributed by atoms with Crippen molar-refractivity contribution < 1.29 is 27.7 Å². The third-order valence-corrected chi connectivity index (χ3v) is 8.81. The van der Waals surface area contributed by atoms with Crippen molar-refractivity contribution in [3.05, 3.63) is 142 Å². The number of para-hydroxylation sites is 1. The number of non-ortho nitro benzene ring substituents is 1. The zero-order valence-electron chi connectivity index (χ0n) is 27.7. The number of nitro groups is 1. The minimum Gasteiger partial charge on any atom is -0.505 e. The quantitative estimate of drug-likeness (QED) is 0.0388. The molecular formula is C38H30N6O7S. The molecule has 0 aliphatic heterocycles. The van der Waals surface area contributed by atoms with Crippen LogP contribution in [0.1, 0.15) is 16.7 Å². The summed E-state index contributed by atoms with van der Waals surface area (Å²) >= 11 is 0. The molecule has 0 fully saturated rings. The minimum atomic E-state index is -4.70. The number of hydrogen-bond donors (Lipinski definition) is 3. The van der Waals surface area contributed by atoms with E-state index in [0.29, 0.717) is 39.4 Å². The molecule has 14 heteroatoms. The molecule has 0 spiro atoms. The number of nitro benzene ring substituents is 1. The van der Waals surface area contributed by atoms with Crippen LogP contribution < -0.4 is 10.1 Å². The predicted octanol–water partition coefficient (Wildman–Crippen LogP) is 10.8. The molecule has 0 amide bonds. The van der Waals surface area contributed by atoms with E-state index < -0.39 is 25.6 Å². The van der Waals surface area contributed by atoms with Gasteiger partial charge >= 0.3 is 0 Å². The van der Waals surface area contributed by atoms with Crippen LogP contribution >= 0.6 is 0 Å². The van der Waals surface area contributed by atoms with Crippen LogP contribution in [0.25, 0.3) is 22.9 Å². The van der Waals surface area contributed by atoms with E-state index >= 15 is 0 Å². The Bertz CT molecular complexity index is 2500. The second kappa shape index (κ2) is 15.0. The molecule has 0 saturated heterocycles. The molecule has 3 N–H and O–H groups in total. The number of rotatable bonds is 11. The van der Waals surface area contributed by atoms with E-state index in [1.54, 1.807) is 48.5 Å². The van der Waals surface area contributed by atoms with E-state index in [1.165, 1.54) is 19.3 Å². The van der Waals surface area contributed by atoms with Gasteiger partial charge in [0.15, 0.2) is 5.75 Å². The SMILES string of the molecule is COc1cc(N=Nc2ccc(C=Cc3ccc([N+](=O)[O-])cc3S(=O)(=O)O)cc2)c(C)cc1N=Nc1ccc2cc(Nc3ccccc3)ccc2c1O. The van der Waals surface area contributed by atoms with Crippen LogP contribution in [-0.2, 0) is 10.1 Å². The van der Waals surface area contributed by atoms with Gasteiger partial charge in [-0.3, -0.25) is 14.7 Å². The van der Waals surface area contributed by atoms with Crippen molar-refractivity contribution in [2.24, 2.45) is 20.5 Å². The molecule has 0 bridgehead atoms. The maximum absolute atomic E-state index is 11.8. The summed E-state index contributed by atoms with van der Waals surface area (Å²) in [4.78, 5) is 9.73. The average molecular weight is 715 g/mol. The number of aromatic hydroxyl groups is 1. The van der Waals surface area contributed by atoms with Crippen molar-refractivity contribution in [3.63, 3.8) is 0 Å². The molecule has 6 aromatic carbocycles. The third-order valence-electron chi connectivity index (χ3n) is 7.90. The number of benzene rings is 6. The molecule has 260 valence electrons. The zero-order valence-corrected chi connectivity index (χ0v) is 28.5. The van der Waals surface area contributed by atoms with Crippen molar-refractivity contribution in [2.45, 2.75) is 11.8 Å². The first-order valence-electron chi connectivity index (χ1n) is 15.6. The van der Waals surface area contributed by atoms with Gasteiger partial charge in [-0.15, -0.1) is 10.2 Å². The molecule has 0 heterocycles. The Kier molecular flexibility index (Phi) is 10.1. The lowest BCUT2D eigenvalue weighted by Crippen LogP contribution is -2.02. The highest BCUT2D eigenvalue weighted by Gasteiger charge is 2.19. The molecule has 0 aromatic heterocycles. The third kappa shape index (κ3) is 8.16. The van der Waals surface area contributed by atoms with Gasteiger partial charge in [0.2, 0.25) is 0 Å². The molecule has 0 saturated carbocycles. The number of ether oxygens (including phenoxy) is 1. The van der Waals surface area contributed by atoms with E-state index in [0.717, 1.165) is 34.5 Å². The number of phenols is 1. The van der Waals surface area contributed by atoms with Gasteiger partial charge in [0, 0.05) is 35.0 Å². The van der Waals surface area contributed by atoms with Crippen LogP contribution in [0.4, 0.5) is 39.8 Å². The molecule has 52 heavy (non-hydrogen) atoms. The molecule has 0 atom stereocenters. The molecule has 6 aromatic rings. The van der Waals surface area contributed by atoms with E-state index in [9.17, 15) is 28.2 Å². The lowest BCUT2D eigenvalue weighted by molar-refractivity contribution is -0.385. The standard InChI is InChI=1S/C38H30N6O7S/c1-24-20-35(43-41-33-19-13-27-21-30(16-18-32(27)38(33)45)39-28-6-4-3-5-7-28)36(51-2)23-34(24)42-40-29-14-9-25(10-15-29)8-11-26-12-17-31(44(46)47)22-37(26)52(48,49)50/h3-23,39,45H,1-2H3,(H,48,49,50). The molecule has 0 aliphatic rings. The fourth-order valence-electron chi connectivity index (χ4n) is 5.22. The molecule has 0 aliphatic carbocycles. The van der Waals surface area contributed by atoms with Gasteiger partial charge in [0.05, 0.1) is 23.4 Å². The van der Waals surface area contributed by atoms with Gasteiger partial charge in [0.25, 0.3) is 15.8 Å². The summed E-state index contributed by atoms with van der Waals surface area (Å²) in [6.45, 7) is 1.84. The first-order valence-corrected chi connectivity index (χ1v) is 17.1. The first-order chi connectivity index (χ1) is 25.0. The second-order valence-corrected chi connectivity index (χ2v) is 12.8. The summed E-state index contributed by atoms with van der Waals surface area (Å²) in [5.41, 5.74) is 4.68. The van der Waals surface area contributed by atoms with Crippen molar-refractivity contribution in [1.29, 1.82) is 0 Å². The highest BCUT2D eigenvalue weighted by atomic mass is 32.2. The topological polar surface area (TPSA) is 188 Å². The maximum atomic E-state index is 11.8. The van der Waals surface area contributed by atoms with Crippen molar-refractivity contribution in [3.8, 4) is 11.5 Å². The van der Waals surface area contributed by atoms with E-state index in [4.69, 9.17) is 4.74 Å². The lowest BCUT2D eigenvalue weighted by Gasteiger charge is -2.10. The van der Waals surface area contributed by atoms with E-state index in [1.807, 2.05) is 61.5 Å². The lowest BCUT2D eigenvalue weighted by atomic mass is 10.1. The molecular weight excluding hydrogens is 685 g/mol. The van der Waals surface area contributed by atoms with Crippen molar-refractivity contribution in [1.82, 2.24) is 0 Å². The summed E-state index contributed by atoms with van der Waals surface area (Å²) in [7, 11) is -3.19. The summed E-state index contributed by atoms with van der Waals surface area (Å²) in [5, 5.41) is 44.2. The molecule has 0 unspecified atom stereocenters. The Morgan fingerprint density at radius 2 is 1.50 bits per heavy atom. The van der Waals surface area contributed by atoms with E-state index in [2.05, 4.69) is 25.8 Å². The summed E-state index contributed by atoms with van der Waals surface area (Å²) in [6.07, 6.45) is 3.02. The number of nitrogens with zero attached hydrogens (tertiary/aromatic N) is 5. The first kappa shape index (κ1) is 35.1. The number of methoxy groups -OCH3 is 1. The van der Waals surface area contributed by atoms with E-state index in [-0.39, 0.29) is 11.3 Å². The highest BCUT2D eigenvalue weighted by Crippen LogP contribution is 2.40. The Balaban J connectivity index is 1.16. The van der Waals surface area contributed by atoms with Crippen molar-refractivity contribution >= 4 is 72.9 Å². The number of phenolic OH excluding ortho intramolecular Hbond substituents is 1. The van der Waals surface area contributed by atoms with Gasteiger partial charge < -0.3 is 15.2 Å². The number of anilines is 2. The summed E-state index contributed by atoms with van der Waals surface area (Å²) in [6, 6.07) is 32.5. The highest BCUT2D eigenvalue weighted by molar-refractivity contribution is 7.86. The normalized spacial score (nSPS) is 11.9. The molecule has 0 radical (unpaired) electrons. The monoisotopic (exact) mass is 714 g/mol. The predicted molar refractivity (Wildman–Crippen MR) is 200 cm³/mol. The number of nitrogens with one attached hydrogen (secondary N) is 1. The van der Waals surface area contributed by atoms with Gasteiger partial charge in [0.1, 0.15) is 22.0 Å². The van der Waals surface area contributed by atoms with Gasteiger partial charge in [-0.25, -0.2) is 0 Å². The Morgan fingerprint density at radius 3 is 2.21 bits per heavy atom. The number of azo groups is 2. The molecule has 6 rings (SSSR count). The van der Waals surface area contributed by atoms with Crippen LogP contribution in [0, 0.1) is 17.0 Å². The largest absolute Gasteiger partial charge is 0.505 e. The van der Waals surface area contributed by atoms with Crippen LogP contribution in [0.2, 0.25) is 0 Å². The Hall–Kier alpha value is -6.77. The van der Waals surface area contributed by atoms with Gasteiger partial charge in [-0.1, -0.05) is 48.6 Å². The number of aryl methyl sites for hydroxylation is 1. The number of fused-ring (bicyclic) bond motifs is 1. The van der Waals surface area contributed by atoms with Crippen molar-refractivity contribution in [2.75, 3.05) is 12.4 Å². The van der Waals surface area contributed by atoms with Crippen LogP contribution in [0.5, 0.6) is 11.5 Å². The smallest absolute Gasteiger partial charge is 0.295 e. The second-order valence-electron chi connectivity index (χ2n) is 11.4. The zero-order chi connectivity index (χ0) is 36.8. The number of hydrogen-bond acceptors (Lipinski definition) is 11. The summed E-state index contributed by atoms with van der Waals surface area (Å²) < 4.78 is 38.7. The Morgan fingerprint density at radius 1 is 0.769 bits per heavy atom. The maximum Gasteiger partial charge on any atom is 0.295 e. The van der Waals surface area contributed by atoms with Crippen LogP contribution in [0.3, 0.4) is 0 Å².